The van der Waals surface area contributed by atoms with Crippen LogP contribution >= 0.6 is 0 Å². The van der Waals surface area contributed by atoms with Crippen molar-refractivity contribution in [2.75, 3.05) is 11.9 Å². The van der Waals surface area contributed by atoms with Crippen LogP contribution in [0.5, 0.6) is 0 Å². The van der Waals surface area contributed by atoms with Gasteiger partial charge in [0, 0.05) is 18.7 Å². The molecule has 0 unspecified atom stereocenters. The molecule has 23 heavy (non-hydrogen) atoms. The maximum atomic E-state index is 6.67. The van der Waals surface area contributed by atoms with Gasteiger partial charge in [0.1, 0.15) is 0 Å². The normalized spacial score (nSPS) is 20.7. The number of hydrogen-bond acceptors (Lipinski definition) is 2. The molecular formula is C20H31NOSi. The fourth-order valence-electron chi connectivity index (χ4n) is 3.49. The standard InChI is InChI=1S/C20H31NOSi/c1-13-8-16-14(2)10-19-18(17(16)9-13)11-15(12-21-19)22-23(6,7)20(3,4)5/h9-10,15,21H,8,11-12H2,1-7H3/t15-/m0/s1. The lowest BCUT2D eigenvalue weighted by Crippen LogP contribution is -2.47. The monoisotopic (exact) mass is 329 g/mol. The van der Waals surface area contributed by atoms with Crippen molar-refractivity contribution in [2.24, 2.45) is 0 Å². The van der Waals surface area contributed by atoms with Crippen LogP contribution in [0.1, 0.15) is 49.9 Å². The Labute approximate surface area is 142 Å². The Morgan fingerprint density at radius 2 is 1.87 bits per heavy atom. The van der Waals surface area contributed by atoms with Crippen molar-refractivity contribution in [1.29, 1.82) is 0 Å². The zero-order valence-corrected chi connectivity index (χ0v) is 16.8. The highest BCUT2D eigenvalue weighted by atomic mass is 28.4. The van der Waals surface area contributed by atoms with Crippen molar-refractivity contribution >= 4 is 20.1 Å². The fraction of sp³-hybridized carbons (Fsp3) is 0.600. The largest absolute Gasteiger partial charge is 0.412 e. The van der Waals surface area contributed by atoms with E-state index in [1.54, 1.807) is 0 Å². The quantitative estimate of drug-likeness (QED) is 0.742. The van der Waals surface area contributed by atoms with E-state index in [1.807, 2.05) is 0 Å². The van der Waals surface area contributed by atoms with Crippen molar-refractivity contribution in [2.45, 2.75) is 71.7 Å². The summed E-state index contributed by atoms with van der Waals surface area (Å²) < 4.78 is 6.67. The van der Waals surface area contributed by atoms with E-state index in [9.17, 15) is 0 Å². The Kier molecular flexibility index (Phi) is 4.01. The number of allylic oxidation sites excluding steroid dienone is 1. The SMILES string of the molecule is CC1=Cc2c(c(C)cc3c2C[C@H](O[Si](C)(C)C(C)(C)C)CN3)C1. The first-order valence-electron chi connectivity index (χ1n) is 8.83. The first kappa shape index (κ1) is 16.8. The average Bonchev–Trinajstić information content (AvgIpc) is 2.81. The second-order valence-electron chi connectivity index (χ2n) is 8.86. The highest BCUT2D eigenvalue weighted by Crippen LogP contribution is 2.41. The van der Waals surface area contributed by atoms with E-state index in [1.165, 1.54) is 33.5 Å². The fourth-order valence-corrected chi connectivity index (χ4v) is 4.85. The van der Waals surface area contributed by atoms with Gasteiger partial charge in [-0.15, -0.1) is 0 Å². The molecule has 0 amide bonds. The lowest BCUT2D eigenvalue weighted by Gasteiger charge is -2.41. The molecule has 2 aliphatic rings. The lowest BCUT2D eigenvalue weighted by molar-refractivity contribution is 0.189. The topological polar surface area (TPSA) is 21.3 Å². The molecule has 1 atom stereocenters. The summed E-state index contributed by atoms with van der Waals surface area (Å²) in [6.45, 7) is 17.1. The van der Waals surface area contributed by atoms with Crippen LogP contribution in [0, 0.1) is 6.92 Å². The van der Waals surface area contributed by atoms with Crippen molar-refractivity contribution in [1.82, 2.24) is 0 Å². The Morgan fingerprint density at radius 3 is 2.52 bits per heavy atom. The summed E-state index contributed by atoms with van der Waals surface area (Å²) in [6.07, 6.45) is 4.84. The second kappa shape index (κ2) is 5.49. The van der Waals surface area contributed by atoms with Gasteiger partial charge >= 0.3 is 0 Å². The molecule has 1 heterocycles. The van der Waals surface area contributed by atoms with Gasteiger partial charge in [0.2, 0.25) is 0 Å². The lowest BCUT2D eigenvalue weighted by atomic mass is 9.91. The number of hydrogen-bond donors (Lipinski definition) is 1. The number of aryl methyl sites for hydroxylation is 1. The molecule has 1 aliphatic heterocycles. The Morgan fingerprint density at radius 1 is 1.17 bits per heavy atom. The zero-order chi connectivity index (χ0) is 17.0. The molecule has 2 nitrogen and oxygen atoms in total. The van der Waals surface area contributed by atoms with Gasteiger partial charge in [-0.05, 0) is 66.7 Å². The third kappa shape index (κ3) is 3.01. The number of nitrogens with one attached hydrogen (secondary N) is 1. The molecule has 1 aromatic rings. The Hall–Kier alpha value is -1.06. The highest BCUT2D eigenvalue weighted by Gasteiger charge is 2.40. The molecule has 0 radical (unpaired) electrons. The summed E-state index contributed by atoms with van der Waals surface area (Å²) in [5.74, 6) is 0. The molecule has 1 aliphatic carbocycles. The van der Waals surface area contributed by atoms with E-state index >= 15 is 0 Å². The van der Waals surface area contributed by atoms with Crippen LogP contribution in [0.2, 0.25) is 18.1 Å². The zero-order valence-electron chi connectivity index (χ0n) is 15.8. The van der Waals surface area contributed by atoms with E-state index < -0.39 is 8.32 Å². The molecule has 0 spiro atoms. The average molecular weight is 330 g/mol. The second-order valence-corrected chi connectivity index (χ2v) is 13.6. The van der Waals surface area contributed by atoms with E-state index in [2.05, 4.69) is 65.2 Å². The van der Waals surface area contributed by atoms with Crippen LogP contribution < -0.4 is 5.32 Å². The van der Waals surface area contributed by atoms with Crippen LogP contribution in [-0.4, -0.2) is 21.0 Å². The number of rotatable bonds is 2. The maximum absolute atomic E-state index is 6.67. The summed E-state index contributed by atoms with van der Waals surface area (Å²) >= 11 is 0. The van der Waals surface area contributed by atoms with E-state index in [-0.39, 0.29) is 5.04 Å². The minimum Gasteiger partial charge on any atom is -0.412 e. The van der Waals surface area contributed by atoms with Gasteiger partial charge in [-0.1, -0.05) is 32.4 Å². The van der Waals surface area contributed by atoms with Crippen LogP contribution in [0.25, 0.3) is 6.08 Å². The van der Waals surface area contributed by atoms with E-state index in [0.717, 1.165) is 19.4 Å². The molecule has 3 heteroatoms. The minimum absolute atomic E-state index is 0.263. The van der Waals surface area contributed by atoms with E-state index in [4.69, 9.17) is 4.43 Å². The molecule has 1 N–H and O–H groups in total. The van der Waals surface area contributed by atoms with Gasteiger partial charge in [-0.25, -0.2) is 0 Å². The van der Waals surface area contributed by atoms with Crippen molar-refractivity contribution < 1.29 is 4.43 Å². The van der Waals surface area contributed by atoms with Gasteiger partial charge in [-0.2, -0.15) is 0 Å². The van der Waals surface area contributed by atoms with Crippen LogP contribution in [-0.2, 0) is 17.3 Å². The van der Waals surface area contributed by atoms with Gasteiger partial charge in [0.15, 0.2) is 8.32 Å². The van der Waals surface area contributed by atoms with Crippen LogP contribution in [0.3, 0.4) is 0 Å². The summed E-state index contributed by atoms with van der Waals surface area (Å²) in [5, 5.41) is 3.90. The van der Waals surface area contributed by atoms with Crippen molar-refractivity contribution in [3.8, 4) is 0 Å². The van der Waals surface area contributed by atoms with Crippen LogP contribution in [0.4, 0.5) is 5.69 Å². The molecule has 1 aromatic carbocycles. The maximum Gasteiger partial charge on any atom is 0.192 e. The molecule has 0 saturated carbocycles. The molecule has 3 rings (SSSR count). The highest BCUT2D eigenvalue weighted by molar-refractivity contribution is 6.74. The third-order valence-corrected chi connectivity index (χ3v) is 10.4. The van der Waals surface area contributed by atoms with Gasteiger partial charge in [0.05, 0.1) is 6.10 Å². The first-order valence-corrected chi connectivity index (χ1v) is 11.7. The molecule has 126 valence electrons. The molecule has 0 saturated heterocycles. The Bertz CT molecular complexity index is 667. The summed E-state index contributed by atoms with van der Waals surface area (Å²) in [6, 6.07) is 2.34. The molecular weight excluding hydrogens is 298 g/mol. The smallest absolute Gasteiger partial charge is 0.192 e. The predicted octanol–water partition coefficient (Wildman–Crippen LogP) is 5.31. The van der Waals surface area contributed by atoms with Crippen molar-refractivity contribution in [3.05, 3.63) is 33.9 Å². The number of fused-ring (bicyclic) bond motifs is 3. The molecule has 0 aromatic heterocycles. The summed E-state index contributed by atoms with van der Waals surface area (Å²) in [5.41, 5.74) is 8.68. The number of anilines is 1. The van der Waals surface area contributed by atoms with E-state index in [0.29, 0.717) is 6.10 Å². The predicted molar refractivity (Wildman–Crippen MR) is 103 cm³/mol. The van der Waals surface area contributed by atoms with Crippen LogP contribution in [0.15, 0.2) is 11.6 Å². The van der Waals surface area contributed by atoms with Gasteiger partial charge in [-0.3, -0.25) is 0 Å². The van der Waals surface area contributed by atoms with Crippen molar-refractivity contribution in [3.63, 3.8) is 0 Å². The first-order chi connectivity index (χ1) is 10.6. The van der Waals surface area contributed by atoms with Gasteiger partial charge in [0.25, 0.3) is 0 Å². The molecule has 0 fully saturated rings. The molecule has 0 bridgehead atoms. The van der Waals surface area contributed by atoms with Gasteiger partial charge < -0.3 is 9.74 Å². The summed E-state index contributed by atoms with van der Waals surface area (Å²) in [7, 11) is -1.72. The summed E-state index contributed by atoms with van der Waals surface area (Å²) in [4.78, 5) is 0. The minimum atomic E-state index is -1.72. The number of benzene rings is 1. The third-order valence-electron chi connectivity index (χ3n) is 5.88. The Balaban J connectivity index is 1.89.